The Labute approximate surface area is 161 Å². The zero-order valence-electron chi connectivity index (χ0n) is 16.5. The van der Waals surface area contributed by atoms with Crippen LogP contribution in [0.2, 0.25) is 0 Å². The minimum atomic E-state index is -0.0395. The smallest absolute Gasteiger partial charge is 0.261 e. The van der Waals surface area contributed by atoms with Crippen LogP contribution >= 0.6 is 0 Å². The maximum Gasteiger partial charge on any atom is 0.261 e. The van der Waals surface area contributed by atoms with Crippen molar-refractivity contribution in [3.63, 3.8) is 0 Å². The number of hydrogen-bond acceptors (Lipinski definition) is 4. The highest BCUT2D eigenvalue weighted by Gasteiger charge is 2.34. The maximum atomic E-state index is 13.3. The molecule has 2 aromatic carbocycles. The predicted molar refractivity (Wildman–Crippen MR) is 106 cm³/mol. The van der Waals surface area contributed by atoms with Gasteiger partial charge in [-0.1, -0.05) is 36.4 Å². The summed E-state index contributed by atoms with van der Waals surface area (Å²) in [5.41, 5.74) is 1.79. The summed E-state index contributed by atoms with van der Waals surface area (Å²) in [5.74, 6) is 1.06. The number of carbonyl (C=O) groups is 1. The molecule has 27 heavy (non-hydrogen) atoms. The molecule has 0 aromatic heterocycles. The van der Waals surface area contributed by atoms with Crippen LogP contribution in [0.4, 0.5) is 0 Å². The first kappa shape index (κ1) is 19.2. The topological polar surface area (TPSA) is 42.0 Å². The van der Waals surface area contributed by atoms with E-state index in [0.29, 0.717) is 30.2 Å². The van der Waals surface area contributed by atoms with Crippen molar-refractivity contribution >= 4 is 5.91 Å². The van der Waals surface area contributed by atoms with Gasteiger partial charge in [-0.15, -0.1) is 0 Å². The molecule has 0 bridgehead atoms. The van der Waals surface area contributed by atoms with Gasteiger partial charge in [0.05, 0.1) is 14.2 Å². The Bertz CT molecular complexity index is 744. The highest BCUT2D eigenvalue weighted by atomic mass is 16.5. The molecule has 5 nitrogen and oxygen atoms in total. The Kier molecular flexibility index (Phi) is 6.01. The maximum absolute atomic E-state index is 13.3. The number of amides is 1. The van der Waals surface area contributed by atoms with Crippen molar-refractivity contribution in [1.82, 2.24) is 9.80 Å². The van der Waals surface area contributed by atoms with Crippen molar-refractivity contribution in [2.24, 2.45) is 0 Å². The number of benzene rings is 2. The average molecular weight is 368 g/mol. The van der Waals surface area contributed by atoms with Crippen LogP contribution in [-0.4, -0.2) is 55.1 Å². The van der Waals surface area contributed by atoms with Gasteiger partial charge in [0, 0.05) is 31.7 Å². The molecule has 0 radical (unpaired) electrons. The van der Waals surface area contributed by atoms with E-state index in [0.717, 1.165) is 6.54 Å². The monoisotopic (exact) mass is 368 g/mol. The van der Waals surface area contributed by atoms with E-state index < -0.39 is 0 Å². The summed E-state index contributed by atoms with van der Waals surface area (Å²) < 4.78 is 10.8. The van der Waals surface area contributed by atoms with Crippen molar-refractivity contribution < 1.29 is 14.3 Å². The van der Waals surface area contributed by atoms with E-state index in [1.807, 2.05) is 17.0 Å². The van der Waals surface area contributed by atoms with Crippen LogP contribution in [0.25, 0.3) is 0 Å². The molecule has 2 atom stereocenters. The Morgan fingerprint density at radius 2 is 1.48 bits per heavy atom. The van der Waals surface area contributed by atoms with Gasteiger partial charge in [0.1, 0.15) is 17.1 Å². The van der Waals surface area contributed by atoms with Crippen molar-refractivity contribution in [2.75, 3.05) is 27.3 Å². The van der Waals surface area contributed by atoms with E-state index in [2.05, 4.69) is 43.0 Å². The standard InChI is InChI=1S/C22H28N2O3/c1-16-13-23(14-17(2)24(16)15-18-9-6-5-7-10-18)22(25)21-19(26-3)11-8-12-20(21)27-4/h5-12,16-17H,13-15H2,1-4H3. The number of piperazine rings is 1. The molecule has 1 aliphatic heterocycles. The number of nitrogens with zero attached hydrogens (tertiary/aromatic N) is 2. The van der Waals surface area contributed by atoms with Gasteiger partial charge in [0.2, 0.25) is 0 Å². The van der Waals surface area contributed by atoms with Gasteiger partial charge < -0.3 is 14.4 Å². The molecular weight excluding hydrogens is 340 g/mol. The van der Waals surface area contributed by atoms with Crippen LogP contribution in [-0.2, 0) is 6.54 Å². The highest BCUT2D eigenvalue weighted by molar-refractivity contribution is 5.99. The van der Waals surface area contributed by atoms with Gasteiger partial charge >= 0.3 is 0 Å². The van der Waals surface area contributed by atoms with Gasteiger partial charge in [0.15, 0.2) is 0 Å². The van der Waals surface area contributed by atoms with Crippen LogP contribution < -0.4 is 9.47 Å². The van der Waals surface area contributed by atoms with E-state index in [1.165, 1.54) is 5.56 Å². The minimum Gasteiger partial charge on any atom is -0.496 e. The van der Waals surface area contributed by atoms with E-state index in [4.69, 9.17) is 9.47 Å². The summed E-state index contributed by atoms with van der Waals surface area (Å²) in [7, 11) is 3.16. The summed E-state index contributed by atoms with van der Waals surface area (Å²) in [4.78, 5) is 17.6. The molecule has 0 spiro atoms. The molecule has 1 amide bonds. The second-order valence-electron chi connectivity index (χ2n) is 7.10. The van der Waals surface area contributed by atoms with Crippen LogP contribution in [0.3, 0.4) is 0 Å². The van der Waals surface area contributed by atoms with Gasteiger partial charge in [0.25, 0.3) is 5.91 Å². The Balaban J connectivity index is 1.78. The van der Waals surface area contributed by atoms with E-state index in [1.54, 1.807) is 26.4 Å². The molecule has 1 fully saturated rings. The van der Waals surface area contributed by atoms with E-state index in [9.17, 15) is 4.79 Å². The summed E-state index contributed by atoms with van der Waals surface area (Å²) in [5, 5.41) is 0. The number of rotatable bonds is 5. The summed E-state index contributed by atoms with van der Waals surface area (Å²) >= 11 is 0. The second-order valence-corrected chi connectivity index (χ2v) is 7.10. The fraction of sp³-hybridized carbons (Fsp3) is 0.409. The van der Waals surface area contributed by atoms with Gasteiger partial charge in [-0.3, -0.25) is 9.69 Å². The number of ether oxygens (including phenoxy) is 2. The highest BCUT2D eigenvalue weighted by Crippen LogP contribution is 2.31. The van der Waals surface area contributed by atoms with Gasteiger partial charge in [-0.25, -0.2) is 0 Å². The predicted octanol–water partition coefficient (Wildman–Crippen LogP) is 3.44. The molecule has 2 aromatic rings. The first-order valence-corrected chi connectivity index (χ1v) is 9.35. The average Bonchev–Trinajstić information content (AvgIpc) is 2.70. The largest absolute Gasteiger partial charge is 0.496 e. The van der Waals surface area contributed by atoms with Crippen LogP contribution in [0.1, 0.15) is 29.8 Å². The lowest BCUT2D eigenvalue weighted by molar-refractivity contribution is 0.0265. The molecule has 1 aliphatic rings. The molecule has 1 heterocycles. The van der Waals surface area contributed by atoms with Crippen LogP contribution in [0, 0.1) is 0 Å². The molecule has 2 unspecified atom stereocenters. The first-order chi connectivity index (χ1) is 13.0. The Morgan fingerprint density at radius 3 is 2.00 bits per heavy atom. The van der Waals surface area contributed by atoms with Gasteiger partial charge in [-0.05, 0) is 31.5 Å². The fourth-order valence-corrected chi connectivity index (χ4v) is 3.85. The SMILES string of the molecule is COc1cccc(OC)c1C(=O)N1CC(C)N(Cc2ccccc2)C(C)C1. The lowest BCUT2D eigenvalue weighted by atomic mass is 10.0. The van der Waals surface area contributed by atoms with Crippen molar-refractivity contribution in [3.05, 3.63) is 59.7 Å². The van der Waals surface area contributed by atoms with Crippen molar-refractivity contribution in [1.29, 1.82) is 0 Å². The third kappa shape index (κ3) is 4.08. The third-order valence-corrected chi connectivity index (χ3v) is 5.24. The zero-order chi connectivity index (χ0) is 19.4. The van der Waals surface area contributed by atoms with E-state index in [-0.39, 0.29) is 18.0 Å². The summed E-state index contributed by atoms with van der Waals surface area (Å²) in [6.07, 6.45) is 0. The van der Waals surface area contributed by atoms with E-state index >= 15 is 0 Å². The molecule has 0 N–H and O–H groups in total. The molecule has 0 saturated carbocycles. The Morgan fingerprint density at radius 1 is 0.926 bits per heavy atom. The summed E-state index contributed by atoms with van der Waals surface area (Å²) in [6, 6.07) is 16.4. The van der Waals surface area contributed by atoms with Crippen molar-refractivity contribution in [3.8, 4) is 11.5 Å². The molecule has 3 rings (SSSR count). The summed E-state index contributed by atoms with van der Waals surface area (Å²) in [6.45, 7) is 6.61. The Hall–Kier alpha value is -2.53. The second kappa shape index (κ2) is 8.44. The van der Waals surface area contributed by atoms with Crippen molar-refractivity contribution in [2.45, 2.75) is 32.5 Å². The number of methoxy groups -OCH3 is 2. The van der Waals surface area contributed by atoms with Crippen LogP contribution in [0.15, 0.2) is 48.5 Å². The normalized spacial score (nSPS) is 20.4. The number of carbonyl (C=O) groups excluding carboxylic acids is 1. The third-order valence-electron chi connectivity index (χ3n) is 5.24. The van der Waals surface area contributed by atoms with Gasteiger partial charge in [-0.2, -0.15) is 0 Å². The molecule has 144 valence electrons. The number of hydrogen-bond donors (Lipinski definition) is 0. The molecule has 0 aliphatic carbocycles. The quantitative estimate of drug-likeness (QED) is 0.811. The molecule has 1 saturated heterocycles. The lowest BCUT2D eigenvalue weighted by Crippen LogP contribution is -2.57. The molecular formula is C22H28N2O3. The first-order valence-electron chi connectivity index (χ1n) is 9.35. The molecule has 5 heteroatoms. The van der Waals surface area contributed by atoms with Crippen LogP contribution in [0.5, 0.6) is 11.5 Å². The lowest BCUT2D eigenvalue weighted by Gasteiger charge is -2.44. The minimum absolute atomic E-state index is 0.0395. The fourth-order valence-electron chi connectivity index (χ4n) is 3.85. The zero-order valence-corrected chi connectivity index (χ0v) is 16.5.